The fourth-order valence-electron chi connectivity index (χ4n) is 1.64. The molecule has 1 aromatic carbocycles. The summed E-state index contributed by atoms with van der Waals surface area (Å²) in [6.45, 7) is 1.66. The quantitative estimate of drug-likeness (QED) is 0.855. The van der Waals surface area contributed by atoms with Gasteiger partial charge < -0.3 is 14.8 Å². The molecule has 0 saturated carbocycles. The molecule has 1 amide bonds. The molecule has 0 saturated heterocycles. The Hall–Kier alpha value is -2.29. The summed E-state index contributed by atoms with van der Waals surface area (Å²) in [5, 5.41) is 11.9. The minimum atomic E-state index is -0.419. The van der Waals surface area contributed by atoms with Crippen LogP contribution in [0.3, 0.4) is 0 Å². The van der Waals surface area contributed by atoms with E-state index in [0.29, 0.717) is 28.4 Å². The SMILES string of the molecule is Cc1ncoc1C(=O)Nc1cc(Cl)ccc1C#CCCO. The average molecular weight is 305 g/mol. The monoisotopic (exact) mass is 304 g/mol. The Bertz CT molecular complexity index is 713. The molecule has 1 aromatic heterocycles. The van der Waals surface area contributed by atoms with E-state index in [1.54, 1.807) is 25.1 Å². The lowest BCUT2D eigenvalue weighted by Gasteiger charge is -2.07. The fraction of sp³-hybridized carbons (Fsp3) is 0.200. The number of aromatic nitrogens is 1. The Labute approximate surface area is 127 Å². The van der Waals surface area contributed by atoms with Crippen molar-refractivity contribution in [3.63, 3.8) is 0 Å². The predicted molar refractivity (Wildman–Crippen MR) is 79.2 cm³/mol. The molecule has 0 unspecified atom stereocenters. The molecule has 21 heavy (non-hydrogen) atoms. The Balaban J connectivity index is 2.27. The van der Waals surface area contributed by atoms with Gasteiger partial charge in [0.15, 0.2) is 6.39 Å². The maximum atomic E-state index is 12.1. The second-order valence-corrected chi connectivity index (χ2v) is 4.62. The lowest BCUT2D eigenvalue weighted by atomic mass is 10.1. The molecule has 2 N–H and O–H groups in total. The summed E-state index contributed by atoms with van der Waals surface area (Å²) < 4.78 is 5.04. The molecule has 0 aliphatic heterocycles. The van der Waals surface area contributed by atoms with Crippen molar-refractivity contribution in [2.75, 3.05) is 11.9 Å². The smallest absolute Gasteiger partial charge is 0.293 e. The Kier molecular flexibility index (Phi) is 4.99. The summed E-state index contributed by atoms with van der Waals surface area (Å²) >= 11 is 5.94. The number of benzene rings is 1. The van der Waals surface area contributed by atoms with Gasteiger partial charge in [-0.1, -0.05) is 23.4 Å². The summed E-state index contributed by atoms with van der Waals surface area (Å²) in [7, 11) is 0. The minimum absolute atomic E-state index is 0.0143. The third-order valence-electron chi connectivity index (χ3n) is 2.64. The van der Waals surface area contributed by atoms with E-state index < -0.39 is 5.91 Å². The van der Waals surface area contributed by atoms with Crippen LogP contribution in [0.25, 0.3) is 0 Å². The van der Waals surface area contributed by atoms with Crippen molar-refractivity contribution >= 4 is 23.2 Å². The number of aryl methyl sites for hydroxylation is 1. The molecular formula is C15H13ClN2O3. The number of nitrogens with one attached hydrogen (secondary N) is 1. The first-order chi connectivity index (χ1) is 10.1. The van der Waals surface area contributed by atoms with Gasteiger partial charge in [0, 0.05) is 17.0 Å². The summed E-state index contributed by atoms with van der Waals surface area (Å²) in [4.78, 5) is 16.0. The Morgan fingerprint density at radius 2 is 2.33 bits per heavy atom. The fourth-order valence-corrected chi connectivity index (χ4v) is 1.81. The van der Waals surface area contributed by atoms with Crippen LogP contribution < -0.4 is 5.32 Å². The van der Waals surface area contributed by atoms with Crippen LogP contribution in [0.5, 0.6) is 0 Å². The molecule has 0 atom stereocenters. The van der Waals surface area contributed by atoms with E-state index in [1.165, 1.54) is 6.39 Å². The lowest BCUT2D eigenvalue weighted by molar-refractivity contribution is 0.0996. The minimum Gasteiger partial charge on any atom is -0.438 e. The molecule has 5 nitrogen and oxygen atoms in total. The van der Waals surface area contributed by atoms with Gasteiger partial charge in [0.05, 0.1) is 18.0 Å². The van der Waals surface area contributed by atoms with Crippen molar-refractivity contribution in [1.29, 1.82) is 0 Å². The number of hydrogen-bond acceptors (Lipinski definition) is 4. The number of oxazole rings is 1. The van der Waals surface area contributed by atoms with Crippen molar-refractivity contribution in [3.05, 3.63) is 46.6 Å². The van der Waals surface area contributed by atoms with E-state index in [4.69, 9.17) is 21.1 Å². The van der Waals surface area contributed by atoms with Crippen LogP contribution >= 0.6 is 11.6 Å². The number of amides is 1. The highest BCUT2D eigenvalue weighted by Gasteiger charge is 2.15. The van der Waals surface area contributed by atoms with Gasteiger partial charge in [-0.15, -0.1) is 0 Å². The number of rotatable bonds is 3. The number of nitrogens with zero attached hydrogens (tertiary/aromatic N) is 1. The van der Waals surface area contributed by atoms with Crippen molar-refractivity contribution in [2.24, 2.45) is 0 Å². The lowest BCUT2D eigenvalue weighted by Crippen LogP contribution is -2.13. The summed E-state index contributed by atoms with van der Waals surface area (Å²) in [5.41, 5.74) is 1.59. The van der Waals surface area contributed by atoms with Crippen LogP contribution in [0.1, 0.15) is 28.2 Å². The molecular weight excluding hydrogens is 292 g/mol. The van der Waals surface area contributed by atoms with Gasteiger partial charge in [0.25, 0.3) is 5.91 Å². The van der Waals surface area contributed by atoms with E-state index in [9.17, 15) is 4.79 Å². The van der Waals surface area contributed by atoms with Crippen LogP contribution in [-0.4, -0.2) is 22.6 Å². The highest BCUT2D eigenvalue weighted by Crippen LogP contribution is 2.21. The van der Waals surface area contributed by atoms with Gasteiger partial charge in [0.1, 0.15) is 0 Å². The number of carbonyl (C=O) groups excluding carboxylic acids is 1. The molecule has 2 rings (SSSR count). The number of hydrogen-bond donors (Lipinski definition) is 2. The van der Waals surface area contributed by atoms with Gasteiger partial charge >= 0.3 is 0 Å². The van der Waals surface area contributed by atoms with Crippen LogP contribution in [0, 0.1) is 18.8 Å². The number of anilines is 1. The molecule has 1 heterocycles. The first-order valence-electron chi connectivity index (χ1n) is 6.22. The molecule has 0 bridgehead atoms. The van der Waals surface area contributed by atoms with Gasteiger partial charge in [-0.3, -0.25) is 4.79 Å². The largest absolute Gasteiger partial charge is 0.438 e. The first kappa shape index (κ1) is 15.1. The normalized spacial score (nSPS) is 9.86. The van der Waals surface area contributed by atoms with Crippen LogP contribution in [0.2, 0.25) is 5.02 Å². The average Bonchev–Trinajstić information content (AvgIpc) is 2.88. The molecule has 0 aliphatic carbocycles. The van der Waals surface area contributed by atoms with Crippen LogP contribution in [0.4, 0.5) is 5.69 Å². The second kappa shape index (κ2) is 6.93. The molecule has 0 spiro atoms. The molecule has 0 fully saturated rings. The van der Waals surface area contributed by atoms with E-state index in [-0.39, 0.29) is 12.4 Å². The highest BCUT2D eigenvalue weighted by molar-refractivity contribution is 6.31. The zero-order valence-corrected chi connectivity index (χ0v) is 12.1. The highest BCUT2D eigenvalue weighted by atomic mass is 35.5. The molecule has 108 valence electrons. The van der Waals surface area contributed by atoms with E-state index in [1.807, 2.05) is 0 Å². The summed E-state index contributed by atoms with van der Waals surface area (Å²) in [6.07, 6.45) is 1.57. The van der Waals surface area contributed by atoms with Gasteiger partial charge in [-0.05, 0) is 25.1 Å². The zero-order chi connectivity index (χ0) is 15.2. The maximum absolute atomic E-state index is 12.1. The second-order valence-electron chi connectivity index (χ2n) is 4.19. The van der Waals surface area contributed by atoms with Gasteiger partial charge in [-0.2, -0.15) is 0 Å². The van der Waals surface area contributed by atoms with Crippen molar-refractivity contribution in [1.82, 2.24) is 4.98 Å². The topological polar surface area (TPSA) is 75.4 Å². The number of aliphatic hydroxyl groups is 1. The molecule has 0 radical (unpaired) electrons. The third kappa shape index (κ3) is 3.85. The molecule has 2 aromatic rings. The van der Waals surface area contributed by atoms with Crippen molar-refractivity contribution in [2.45, 2.75) is 13.3 Å². The number of halogens is 1. The predicted octanol–water partition coefficient (Wildman–Crippen LogP) is 2.62. The number of aliphatic hydroxyl groups excluding tert-OH is 1. The van der Waals surface area contributed by atoms with E-state index >= 15 is 0 Å². The van der Waals surface area contributed by atoms with E-state index in [2.05, 4.69) is 22.1 Å². The third-order valence-corrected chi connectivity index (χ3v) is 2.88. The van der Waals surface area contributed by atoms with Crippen molar-refractivity contribution < 1.29 is 14.3 Å². The first-order valence-corrected chi connectivity index (χ1v) is 6.60. The maximum Gasteiger partial charge on any atom is 0.293 e. The summed E-state index contributed by atoms with van der Waals surface area (Å²) in [6, 6.07) is 4.99. The molecule has 6 heteroatoms. The van der Waals surface area contributed by atoms with Crippen LogP contribution in [0.15, 0.2) is 29.0 Å². The van der Waals surface area contributed by atoms with E-state index in [0.717, 1.165) is 0 Å². The van der Waals surface area contributed by atoms with Gasteiger partial charge in [0.2, 0.25) is 5.76 Å². The Morgan fingerprint density at radius 1 is 1.52 bits per heavy atom. The standard InChI is InChI=1S/C15H13ClN2O3/c1-10-14(21-9-17-10)15(20)18-13-8-12(16)6-5-11(13)4-2-3-7-19/h5-6,8-9,19H,3,7H2,1H3,(H,18,20). The number of carbonyl (C=O) groups is 1. The Morgan fingerprint density at radius 3 is 3.00 bits per heavy atom. The van der Waals surface area contributed by atoms with Crippen molar-refractivity contribution in [3.8, 4) is 11.8 Å². The zero-order valence-electron chi connectivity index (χ0n) is 11.3. The molecule has 0 aliphatic rings. The summed E-state index contributed by atoms with van der Waals surface area (Å²) in [5.74, 6) is 5.40. The van der Waals surface area contributed by atoms with Gasteiger partial charge in [-0.25, -0.2) is 4.98 Å². The van der Waals surface area contributed by atoms with Crippen LogP contribution in [-0.2, 0) is 0 Å².